The third kappa shape index (κ3) is 2.46. The first-order valence-electron chi connectivity index (χ1n) is 5.41. The molecule has 86 valence electrons. The van der Waals surface area contributed by atoms with Gasteiger partial charge in [-0.15, -0.1) is 0 Å². The number of oxazole rings is 1. The van der Waals surface area contributed by atoms with Crippen LogP contribution in [0.4, 0.5) is 0 Å². The molecule has 3 heteroatoms. The van der Waals surface area contributed by atoms with Gasteiger partial charge in [0.15, 0.2) is 11.5 Å². The van der Waals surface area contributed by atoms with Gasteiger partial charge in [-0.2, -0.15) is 0 Å². The molecule has 0 aliphatic rings. The first kappa shape index (κ1) is 11.6. The van der Waals surface area contributed by atoms with Crippen LogP contribution < -0.4 is 0 Å². The molecule has 0 saturated heterocycles. The number of halogens is 1. The summed E-state index contributed by atoms with van der Waals surface area (Å²) in [4.78, 5) is 4.51. The molecule has 0 bridgehead atoms. The second-order valence-corrected chi connectivity index (χ2v) is 6.27. The number of fused-ring (bicyclic) bond motifs is 1. The van der Waals surface area contributed by atoms with Crippen LogP contribution in [0.3, 0.4) is 0 Å². The maximum absolute atomic E-state index is 5.74. The molecule has 0 unspecified atom stereocenters. The predicted octanol–water partition coefficient (Wildman–Crippen LogP) is 4.49. The van der Waals surface area contributed by atoms with Crippen molar-refractivity contribution >= 4 is 27.0 Å². The van der Waals surface area contributed by atoms with Crippen LogP contribution >= 0.6 is 15.9 Å². The van der Waals surface area contributed by atoms with Gasteiger partial charge in [0.25, 0.3) is 0 Å². The predicted molar refractivity (Wildman–Crippen MR) is 69.6 cm³/mol. The quantitative estimate of drug-likeness (QED) is 0.770. The normalized spacial score (nSPS) is 12.3. The van der Waals surface area contributed by atoms with Crippen molar-refractivity contribution in [1.82, 2.24) is 4.98 Å². The largest absolute Gasteiger partial charge is 0.441 e. The van der Waals surface area contributed by atoms with E-state index in [1.165, 1.54) is 5.56 Å². The van der Waals surface area contributed by atoms with Crippen molar-refractivity contribution in [2.45, 2.75) is 34.1 Å². The van der Waals surface area contributed by atoms with E-state index in [1.807, 2.05) is 6.07 Å². The molecule has 1 aromatic carbocycles. The highest BCUT2D eigenvalue weighted by molar-refractivity contribution is 9.10. The molecule has 2 nitrogen and oxygen atoms in total. The van der Waals surface area contributed by atoms with E-state index in [2.05, 4.69) is 54.7 Å². The fourth-order valence-corrected chi connectivity index (χ4v) is 1.95. The molecule has 0 aliphatic heterocycles. The lowest BCUT2D eigenvalue weighted by molar-refractivity contribution is 0.362. The molecule has 1 heterocycles. The van der Waals surface area contributed by atoms with Crippen LogP contribution in [0.25, 0.3) is 11.1 Å². The molecular formula is C13H16BrNO. The van der Waals surface area contributed by atoms with Crippen molar-refractivity contribution in [3.8, 4) is 0 Å². The van der Waals surface area contributed by atoms with Crippen molar-refractivity contribution in [3.63, 3.8) is 0 Å². The van der Waals surface area contributed by atoms with Gasteiger partial charge in [-0.25, -0.2) is 4.98 Å². The number of hydrogen-bond acceptors (Lipinski definition) is 2. The van der Waals surface area contributed by atoms with Crippen LogP contribution in [0.2, 0.25) is 0 Å². The Morgan fingerprint density at radius 1 is 1.31 bits per heavy atom. The SMILES string of the molecule is Cc1cc2nc(CC(C)(C)C)oc2cc1Br. The molecule has 2 rings (SSSR count). The summed E-state index contributed by atoms with van der Waals surface area (Å²) < 4.78 is 6.81. The highest BCUT2D eigenvalue weighted by Crippen LogP contribution is 2.27. The molecule has 0 saturated carbocycles. The second kappa shape index (κ2) is 3.88. The van der Waals surface area contributed by atoms with Gasteiger partial charge in [0.1, 0.15) is 5.52 Å². The lowest BCUT2D eigenvalue weighted by Crippen LogP contribution is -2.09. The Bertz CT molecular complexity index is 483. The van der Waals surface area contributed by atoms with E-state index in [9.17, 15) is 0 Å². The van der Waals surface area contributed by atoms with Crippen LogP contribution in [-0.2, 0) is 6.42 Å². The van der Waals surface area contributed by atoms with E-state index in [1.54, 1.807) is 0 Å². The summed E-state index contributed by atoms with van der Waals surface area (Å²) >= 11 is 3.50. The molecule has 0 radical (unpaired) electrons. The zero-order valence-electron chi connectivity index (χ0n) is 10.1. The van der Waals surface area contributed by atoms with E-state index in [-0.39, 0.29) is 5.41 Å². The van der Waals surface area contributed by atoms with Gasteiger partial charge >= 0.3 is 0 Å². The van der Waals surface area contributed by atoms with Gasteiger partial charge in [0.05, 0.1) is 0 Å². The number of nitrogens with zero attached hydrogens (tertiary/aromatic N) is 1. The highest BCUT2D eigenvalue weighted by Gasteiger charge is 2.16. The minimum atomic E-state index is 0.202. The molecule has 2 aromatic rings. The molecular weight excluding hydrogens is 266 g/mol. The lowest BCUT2D eigenvalue weighted by Gasteiger charge is -2.14. The summed E-state index contributed by atoms with van der Waals surface area (Å²) in [7, 11) is 0. The average Bonchev–Trinajstić information content (AvgIpc) is 2.44. The summed E-state index contributed by atoms with van der Waals surface area (Å²) in [6.07, 6.45) is 0.859. The molecule has 0 amide bonds. The highest BCUT2D eigenvalue weighted by atomic mass is 79.9. The van der Waals surface area contributed by atoms with Gasteiger partial charge in [-0.05, 0) is 30.0 Å². The Balaban J connectivity index is 2.44. The van der Waals surface area contributed by atoms with Gasteiger partial charge in [0.2, 0.25) is 0 Å². The monoisotopic (exact) mass is 281 g/mol. The summed E-state index contributed by atoms with van der Waals surface area (Å²) in [5.74, 6) is 0.819. The first-order chi connectivity index (χ1) is 7.35. The molecule has 0 spiro atoms. The van der Waals surface area contributed by atoms with Crippen molar-refractivity contribution in [2.75, 3.05) is 0 Å². The number of benzene rings is 1. The van der Waals surface area contributed by atoms with Gasteiger partial charge < -0.3 is 4.42 Å². The van der Waals surface area contributed by atoms with Crippen LogP contribution in [-0.4, -0.2) is 4.98 Å². The lowest BCUT2D eigenvalue weighted by atomic mass is 9.92. The third-order valence-electron chi connectivity index (χ3n) is 2.39. The Kier molecular flexibility index (Phi) is 2.82. The standard InChI is InChI=1S/C13H16BrNO/c1-8-5-10-11(6-9(8)14)16-12(15-10)7-13(2,3)4/h5-6H,7H2,1-4H3. The van der Waals surface area contributed by atoms with Crippen molar-refractivity contribution in [3.05, 3.63) is 28.1 Å². The van der Waals surface area contributed by atoms with Gasteiger partial charge in [-0.1, -0.05) is 36.7 Å². The summed E-state index contributed by atoms with van der Waals surface area (Å²) in [5, 5.41) is 0. The summed E-state index contributed by atoms with van der Waals surface area (Å²) in [6, 6.07) is 4.04. The molecule has 0 atom stereocenters. The van der Waals surface area contributed by atoms with Crippen molar-refractivity contribution in [2.24, 2.45) is 5.41 Å². The first-order valence-corrected chi connectivity index (χ1v) is 6.20. The summed E-state index contributed by atoms with van der Waals surface area (Å²) in [6.45, 7) is 8.61. The zero-order valence-corrected chi connectivity index (χ0v) is 11.7. The fraction of sp³-hybridized carbons (Fsp3) is 0.462. The summed E-state index contributed by atoms with van der Waals surface area (Å²) in [5.41, 5.74) is 3.19. The smallest absolute Gasteiger partial charge is 0.195 e. The maximum atomic E-state index is 5.74. The third-order valence-corrected chi connectivity index (χ3v) is 3.25. The topological polar surface area (TPSA) is 26.0 Å². The van der Waals surface area contributed by atoms with Crippen molar-refractivity contribution < 1.29 is 4.42 Å². The maximum Gasteiger partial charge on any atom is 0.195 e. The van der Waals surface area contributed by atoms with Gasteiger partial charge in [0, 0.05) is 10.9 Å². The Labute approximate surface area is 104 Å². The molecule has 0 N–H and O–H groups in total. The van der Waals surface area contributed by atoms with Crippen LogP contribution in [0.15, 0.2) is 21.0 Å². The molecule has 1 aromatic heterocycles. The molecule has 16 heavy (non-hydrogen) atoms. The van der Waals surface area contributed by atoms with Crippen LogP contribution in [0.5, 0.6) is 0 Å². The number of aryl methyl sites for hydroxylation is 1. The van der Waals surface area contributed by atoms with Crippen molar-refractivity contribution in [1.29, 1.82) is 0 Å². The second-order valence-electron chi connectivity index (χ2n) is 5.41. The van der Waals surface area contributed by atoms with E-state index >= 15 is 0 Å². The van der Waals surface area contributed by atoms with Gasteiger partial charge in [-0.3, -0.25) is 0 Å². The fourth-order valence-electron chi connectivity index (χ4n) is 1.63. The van der Waals surface area contributed by atoms with E-state index < -0.39 is 0 Å². The molecule has 0 fully saturated rings. The minimum absolute atomic E-state index is 0.202. The van der Waals surface area contributed by atoms with E-state index in [0.717, 1.165) is 27.9 Å². The average molecular weight is 282 g/mol. The Hall–Kier alpha value is -0.830. The molecule has 0 aliphatic carbocycles. The number of aromatic nitrogens is 1. The Morgan fingerprint density at radius 2 is 2.00 bits per heavy atom. The number of hydrogen-bond donors (Lipinski definition) is 0. The van der Waals surface area contributed by atoms with Crippen LogP contribution in [0, 0.1) is 12.3 Å². The number of rotatable bonds is 1. The zero-order chi connectivity index (χ0) is 11.9. The van der Waals surface area contributed by atoms with E-state index in [0.29, 0.717) is 0 Å². The van der Waals surface area contributed by atoms with E-state index in [4.69, 9.17) is 4.42 Å². The van der Waals surface area contributed by atoms with Crippen LogP contribution in [0.1, 0.15) is 32.2 Å². The Morgan fingerprint density at radius 3 is 2.62 bits per heavy atom. The minimum Gasteiger partial charge on any atom is -0.441 e.